The summed E-state index contributed by atoms with van der Waals surface area (Å²) in [5, 5.41) is 0.746. The van der Waals surface area contributed by atoms with Crippen LogP contribution in [0.5, 0.6) is 5.75 Å². The first-order valence-electron chi connectivity index (χ1n) is 12.2. The van der Waals surface area contributed by atoms with Crippen LogP contribution in [0.15, 0.2) is 53.5 Å². The van der Waals surface area contributed by atoms with Crippen molar-refractivity contribution in [2.45, 2.75) is 90.6 Å². The van der Waals surface area contributed by atoms with Gasteiger partial charge in [0.05, 0.1) is 0 Å². The van der Waals surface area contributed by atoms with Gasteiger partial charge >= 0.3 is 0 Å². The molecule has 0 saturated carbocycles. The standard InChI is InChI=1S/C28H40ClNO/c1-2-3-4-5-6-7-8-9-10-11-12-13-22-30-23-25-16-20-28(21-17-25)31-24-26-14-18-27(29)19-15-26/h14-21,23H,2-13,22,24H2,1H3/b30-23+. The molecule has 3 heteroatoms. The second-order valence-electron chi connectivity index (χ2n) is 8.41. The van der Waals surface area contributed by atoms with Crippen LogP contribution in [0.25, 0.3) is 0 Å². The molecule has 0 amide bonds. The number of rotatable bonds is 17. The predicted molar refractivity (Wildman–Crippen MR) is 136 cm³/mol. The van der Waals surface area contributed by atoms with Crippen molar-refractivity contribution in [2.75, 3.05) is 6.54 Å². The second-order valence-corrected chi connectivity index (χ2v) is 8.84. The molecule has 0 radical (unpaired) electrons. The minimum Gasteiger partial charge on any atom is -0.489 e. The van der Waals surface area contributed by atoms with E-state index in [0.717, 1.165) is 28.4 Å². The van der Waals surface area contributed by atoms with E-state index in [2.05, 4.69) is 24.0 Å². The molecule has 0 atom stereocenters. The third-order valence-corrected chi connectivity index (χ3v) is 5.83. The molecular formula is C28H40ClNO. The van der Waals surface area contributed by atoms with E-state index >= 15 is 0 Å². The van der Waals surface area contributed by atoms with E-state index in [-0.39, 0.29) is 0 Å². The van der Waals surface area contributed by atoms with Crippen molar-refractivity contribution in [1.82, 2.24) is 0 Å². The Balaban J connectivity index is 1.47. The van der Waals surface area contributed by atoms with Crippen LogP contribution >= 0.6 is 11.6 Å². The Hall–Kier alpha value is -1.80. The lowest BCUT2D eigenvalue weighted by Crippen LogP contribution is -1.95. The zero-order valence-corrected chi connectivity index (χ0v) is 20.1. The first-order chi connectivity index (χ1) is 15.3. The van der Waals surface area contributed by atoms with E-state index in [0.29, 0.717) is 6.61 Å². The fraction of sp³-hybridized carbons (Fsp3) is 0.536. The number of benzene rings is 2. The first kappa shape index (κ1) is 25.5. The van der Waals surface area contributed by atoms with Gasteiger partial charge in [0.1, 0.15) is 12.4 Å². The summed E-state index contributed by atoms with van der Waals surface area (Å²) in [5.74, 6) is 0.869. The molecule has 2 rings (SSSR count). The number of hydrogen-bond donors (Lipinski definition) is 0. The number of aliphatic imine (C=N–C) groups is 1. The van der Waals surface area contributed by atoms with Crippen LogP contribution in [-0.2, 0) is 6.61 Å². The first-order valence-corrected chi connectivity index (χ1v) is 12.6. The quantitative estimate of drug-likeness (QED) is 0.177. The van der Waals surface area contributed by atoms with Crippen molar-refractivity contribution < 1.29 is 4.74 Å². The molecule has 170 valence electrons. The number of halogens is 1. The van der Waals surface area contributed by atoms with E-state index in [4.69, 9.17) is 16.3 Å². The predicted octanol–water partition coefficient (Wildman–Crippen LogP) is 9.04. The molecule has 0 aliphatic rings. The van der Waals surface area contributed by atoms with Gasteiger partial charge in [-0.15, -0.1) is 0 Å². The summed E-state index contributed by atoms with van der Waals surface area (Å²) in [6, 6.07) is 15.9. The maximum Gasteiger partial charge on any atom is 0.119 e. The molecule has 2 nitrogen and oxygen atoms in total. The fourth-order valence-electron chi connectivity index (χ4n) is 3.61. The Labute approximate surface area is 195 Å². The normalized spacial score (nSPS) is 11.3. The SMILES string of the molecule is CCCCCCCCCCCCCC/N=C/c1ccc(OCc2ccc(Cl)cc2)cc1. The van der Waals surface area contributed by atoms with Gasteiger partial charge in [-0.2, -0.15) is 0 Å². The van der Waals surface area contributed by atoms with Crippen LogP contribution in [0.1, 0.15) is 95.1 Å². The fourth-order valence-corrected chi connectivity index (χ4v) is 3.74. The van der Waals surface area contributed by atoms with E-state index in [1.165, 1.54) is 77.0 Å². The lowest BCUT2D eigenvalue weighted by Gasteiger charge is -2.06. The van der Waals surface area contributed by atoms with Crippen molar-refractivity contribution in [3.63, 3.8) is 0 Å². The van der Waals surface area contributed by atoms with Crippen molar-refractivity contribution in [3.05, 3.63) is 64.7 Å². The third-order valence-electron chi connectivity index (χ3n) is 5.58. The number of unbranched alkanes of at least 4 members (excludes halogenated alkanes) is 11. The lowest BCUT2D eigenvalue weighted by atomic mass is 10.1. The van der Waals surface area contributed by atoms with Gasteiger partial charge in [0.15, 0.2) is 0 Å². The Bertz CT molecular complexity index is 709. The van der Waals surface area contributed by atoms with Crippen molar-refractivity contribution in [3.8, 4) is 5.75 Å². The van der Waals surface area contributed by atoms with Crippen LogP contribution in [0.3, 0.4) is 0 Å². The molecule has 0 unspecified atom stereocenters. The van der Waals surface area contributed by atoms with E-state index in [9.17, 15) is 0 Å². The lowest BCUT2D eigenvalue weighted by molar-refractivity contribution is 0.306. The Morgan fingerprint density at radius 2 is 1.26 bits per heavy atom. The van der Waals surface area contributed by atoms with Gasteiger partial charge in [0.25, 0.3) is 0 Å². The summed E-state index contributed by atoms with van der Waals surface area (Å²) in [6.07, 6.45) is 18.5. The molecule has 0 aliphatic heterocycles. The van der Waals surface area contributed by atoms with Gasteiger partial charge in [-0.05, 0) is 53.9 Å². The molecule has 2 aromatic rings. The highest BCUT2D eigenvalue weighted by Gasteiger charge is 1.97. The summed E-state index contributed by atoms with van der Waals surface area (Å²) in [7, 11) is 0. The van der Waals surface area contributed by atoms with Gasteiger partial charge in [-0.1, -0.05) is 101 Å². The number of nitrogens with zero attached hydrogens (tertiary/aromatic N) is 1. The van der Waals surface area contributed by atoms with Gasteiger partial charge in [0, 0.05) is 17.8 Å². The molecule has 0 saturated heterocycles. The van der Waals surface area contributed by atoms with Crippen LogP contribution in [0.2, 0.25) is 5.02 Å². The molecule has 31 heavy (non-hydrogen) atoms. The molecule has 0 bridgehead atoms. The Morgan fingerprint density at radius 1 is 0.710 bits per heavy atom. The van der Waals surface area contributed by atoms with Gasteiger partial charge in [-0.3, -0.25) is 4.99 Å². The molecular weight excluding hydrogens is 402 g/mol. The summed E-state index contributed by atoms with van der Waals surface area (Å²) in [6.45, 7) is 3.75. The van der Waals surface area contributed by atoms with Crippen molar-refractivity contribution >= 4 is 17.8 Å². The molecule has 0 spiro atoms. The van der Waals surface area contributed by atoms with E-state index in [1.54, 1.807) is 0 Å². The minimum atomic E-state index is 0.545. The maximum absolute atomic E-state index is 5.91. The highest BCUT2D eigenvalue weighted by atomic mass is 35.5. The van der Waals surface area contributed by atoms with Crippen LogP contribution in [-0.4, -0.2) is 12.8 Å². The molecule has 2 aromatic carbocycles. The highest BCUT2D eigenvalue weighted by molar-refractivity contribution is 6.30. The Morgan fingerprint density at radius 3 is 1.84 bits per heavy atom. The smallest absolute Gasteiger partial charge is 0.119 e. The monoisotopic (exact) mass is 441 g/mol. The highest BCUT2D eigenvalue weighted by Crippen LogP contribution is 2.15. The average molecular weight is 442 g/mol. The number of ether oxygens (including phenoxy) is 1. The minimum absolute atomic E-state index is 0.545. The zero-order chi connectivity index (χ0) is 22.0. The van der Waals surface area contributed by atoms with E-state index in [1.807, 2.05) is 42.6 Å². The number of hydrogen-bond acceptors (Lipinski definition) is 2. The van der Waals surface area contributed by atoms with Crippen LogP contribution < -0.4 is 4.74 Å². The van der Waals surface area contributed by atoms with Crippen molar-refractivity contribution in [1.29, 1.82) is 0 Å². The summed E-state index contributed by atoms with van der Waals surface area (Å²) in [5.41, 5.74) is 2.23. The van der Waals surface area contributed by atoms with E-state index < -0.39 is 0 Å². The summed E-state index contributed by atoms with van der Waals surface area (Å²) < 4.78 is 5.83. The van der Waals surface area contributed by atoms with Gasteiger partial charge < -0.3 is 4.74 Å². The average Bonchev–Trinajstić information content (AvgIpc) is 2.80. The zero-order valence-electron chi connectivity index (χ0n) is 19.3. The second kappa shape index (κ2) is 16.8. The topological polar surface area (TPSA) is 21.6 Å². The molecule has 0 N–H and O–H groups in total. The van der Waals surface area contributed by atoms with Gasteiger partial charge in [0.2, 0.25) is 0 Å². The molecule has 0 fully saturated rings. The van der Waals surface area contributed by atoms with Crippen molar-refractivity contribution in [2.24, 2.45) is 4.99 Å². The van der Waals surface area contributed by atoms with Gasteiger partial charge in [-0.25, -0.2) is 0 Å². The molecule has 0 heterocycles. The molecule has 0 aliphatic carbocycles. The third kappa shape index (κ3) is 12.6. The largest absolute Gasteiger partial charge is 0.489 e. The van der Waals surface area contributed by atoms with Crippen LogP contribution in [0, 0.1) is 0 Å². The van der Waals surface area contributed by atoms with Crippen LogP contribution in [0.4, 0.5) is 0 Å². The Kier molecular flexibility index (Phi) is 13.8. The summed E-state index contributed by atoms with van der Waals surface area (Å²) in [4.78, 5) is 4.58. The molecule has 0 aromatic heterocycles. The summed E-state index contributed by atoms with van der Waals surface area (Å²) >= 11 is 5.91. The maximum atomic E-state index is 5.91.